The summed E-state index contributed by atoms with van der Waals surface area (Å²) in [5.41, 5.74) is 1.23. The number of nitrogens with zero attached hydrogens (tertiary/aromatic N) is 2. The predicted octanol–water partition coefficient (Wildman–Crippen LogP) is 3.72. The van der Waals surface area contributed by atoms with Crippen molar-refractivity contribution in [3.8, 4) is 0 Å². The molecule has 3 nitrogen and oxygen atoms in total. The summed E-state index contributed by atoms with van der Waals surface area (Å²) in [4.78, 5) is 8.91. The molecule has 1 saturated carbocycles. The third kappa shape index (κ3) is 2.86. The Kier molecular flexibility index (Phi) is 4.61. The van der Waals surface area contributed by atoms with Gasteiger partial charge in [-0.2, -0.15) is 0 Å². The van der Waals surface area contributed by atoms with E-state index in [2.05, 4.69) is 24.1 Å². The molecular weight excluding hydrogens is 266 g/mol. The SMILES string of the molecule is CCCNCc1sc(N2CCC3CCCCC32)nc1C. The van der Waals surface area contributed by atoms with Gasteiger partial charge < -0.3 is 10.2 Å². The monoisotopic (exact) mass is 293 g/mol. The Hall–Kier alpha value is -0.610. The van der Waals surface area contributed by atoms with Gasteiger partial charge in [0.05, 0.1) is 5.69 Å². The van der Waals surface area contributed by atoms with Crippen LogP contribution in [0.2, 0.25) is 0 Å². The van der Waals surface area contributed by atoms with Gasteiger partial charge in [-0.05, 0) is 45.1 Å². The number of nitrogens with one attached hydrogen (secondary N) is 1. The van der Waals surface area contributed by atoms with E-state index in [0.717, 1.165) is 25.0 Å². The van der Waals surface area contributed by atoms with E-state index in [0.29, 0.717) is 0 Å². The molecule has 0 radical (unpaired) electrons. The third-order valence-corrected chi connectivity index (χ3v) is 6.04. The molecule has 1 aromatic rings. The van der Waals surface area contributed by atoms with Crippen LogP contribution in [0, 0.1) is 12.8 Å². The molecule has 1 saturated heterocycles. The van der Waals surface area contributed by atoms with Crippen molar-refractivity contribution in [2.75, 3.05) is 18.0 Å². The smallest absolute Gasteiger partial charge is 0.186 e. The van der Waals surface area contributed by atoms with Crippen molar-refractivity contribution in [2.24, 2.45) is 5.92 Å². The highest BCUT2D eigenvalue weighted by atomic mass is 32.1. The van der Waals surface area contributed by atoms with Gasteiger partial charge >= 0.3 is 0 Å². The molecule has 2 unspecified atom stereocenters. The van der Waals surface area contributed by atoms with Gasteiger partial charge in [0.15, 0.2) is 5.13 Å². The summed E-state index contributed by atoms with van der Waals surface area (Å²) >= 11 is 1.92. The quantitative estimate of drug-likeness (QED) is 0.839. The van der Waals surface area contributed by atoms with Crippen molar-refractivity contribution in [3.63, 3.8) is 0 Å². The van der Waals surface area contributed by atoms with Crippen LogP contribution in [0.4, 0.5) is 5.13 Å². The normalized spacial score (nSPS) is 26.0. The average Bonchev–Trinajstić information content (AvgIpc) is 3.03. The molecule has 1 aromatic heterocycles. The first-order valence-corrected chi connectivity index (χ1v) is 9.05. The second-order valence-corrected chi connectivity index (χ2v) is 7.34. The Morgan fingerprint density at radius 3 is 3.00 bits per heavy atom. The fraction of sp³-hybridized carbons (Fsp3) is 0.812. The molecule has 2 atom stereocenters. The Morgan fingerprint density at radius 1 is 1.30 bits per heavy atom. The van der Waals surface area contributed by atoms with Gasteiger partial charge in [0.25, 0.3) is 0 Å². The van der Waals surface area contributed by atoms with Gasteiger partial charge in [0.2, 0.25) is 0 Å². The number of rotatable bonds is 5. The van der Waals surface area contributed by atoms with Crippen LogP contribution in [0.3, 0.4) is 0 Å². The number of aromatic nitrogens is 1. The van der Waals surface area contributed by atoms with Gasteiger partial charge in [-0.25, -0.2) is 4.98 Å². The van der Waals surface area contributed by atoms with E-state index in [1.165, 1.54) is 60.8 Å². The molecule has 3 rings (SSSR count). The molecule has 0 bridgehead atoms. The molecule has 1 aliphatic carbocycles. The highest BCUT2D eigenvalue weighted by molar-refractivity contribution is 7.15. The molecule has 0 spiro atoms. The third-order valence-electron chi connectivity index (χ3n) is 4.85. The maximum Gasteiger partial charge on any atom is 0.186 e. The van der Waals surface area contributed by atoms with Crippen LogP contribution < -0.4 is 10.2 Å². The lowest BCUT2D eigenvalue weighted by atomic mass is 9.85. The largest absolute Gasteiger partial charge is 0.345 e. The van der Waals surface area contributed by atoms with Crippen molar-refractivity contribution in [1.29, 1.82) is 0 Å². The molecule has 2 fully saturated rings. The van der Waals surface area contributed by atoms with Crippen molar-refractivity contribution >= 4 is 16.5 Å². The standard InChI is InChI=1S/C16H27N3S/c1-3-9-17-11-15-12(2)18-16(20-15)19-10-8-13-6-4-5-7-14(13)19/h13-14,17H,3-11H2,1-2H3. The van der Waals surface area contributed by atoms with Gasteiger partial charge in [-0.15, -0.1) is 11.3 Å². The van der Waals surface area contributed by atoms with Gasteiger partial charge in [-0.3, -0.25) is 0 Å². The number of anilines is 1. The summed E-state index contributed by atoms with van der Waals surface area (Å²) in [5.74, 6) is 0.939. The van der Waals surface area contributed by atoms with E-state index in [-0.39, 0.29) is 0 Å². The van der Waals surface area contributed by atoms with Crippen LogP contribution in [0.1, 0.15) is 56.0 Å². The number of hydrogen-bond donors (Lipinski definition) is 1. The lowest BCUT2D eigenvalue weighted by Gasteiger charge is -2.31. The first kappa shape index (κ1) is 14.3. The summed E-state index contributed by atoms with van der Waals surface area (Å²) in [5, 5.41) is 4.79. The van der Waals surface area contributed by atoms with E-state index in [1.54, 1.807) is 0 Å². The minimum absolute atomic E-state index is 0.783. The Balaban J connectivity index is 1.69. The van der Waals surface area contributed by atoms with E-state index < -0.39 is 0 Å². The summed E-state index contributed by atoms with van der Waals surface area (Å²) < 4.78 is 0. The number of hydrogen-bond acceptors (Lipinski definition) is 4. The summed E-state index contributed by atoms with van der Waals surface area (Å²) in [7, 11) is 0. The lowest BCUT2D eigenvalue weighted by Crippen LogP contribution is -2.34. The average molecular weight is 293 g/mol. The maximum absolute atomic E-state index is 4.87. The summed E-state index contributed by atoms with van der Waals surface area (Å²) in [6, 6.07) is 0.783. The van der Waals surface area contributed by atoms with Crippen LogP contribution in [0.15, 0.2) is 0 Å². The van der Waals surface area contributed by atoms with Crippen LogP contribution >= 0.6 is 11.3 Å². The van der Waals surface area contributed by atoms with Crippen LogP contribution in [0.5, 0.6) is 0 Å². The van der Waals surface area contributed by atoms with E-state index >= 15 is 0 Å². The van der Waals surface area contributed by atoms with Crippen molar-refractivity contribution in [2.45, 2.75) is 65.0 Å². The topological polar surface area (TPSA) is 28.2 Å². The zero-order chi connectivity index (χ0) is 13.9. The molecule has 1 N–H and O–H groups in total. The zero-order valence-electron chi connectivity index (χ0n) is 12.8. The van der Waals surface area contributed by atoms with Crippen LogP contribution in [-0.2, 0) is 6.54 Å². The van der Waals surface area contributed by atoms with E-state index in [9.17, 15) is 0 Å². The zero-order valence-corrected chi connectivity index (χ0v) is 13.6. The van der Waals surface area contributed by atoms with Gasteiger partial charge in [-0.1, -0.05) is 19.8 Å². The Morgan fingerprint density at radius 2 is 2.15 bits per heavy atom. The fourth-order valence-electron chi connectivity index (χ4n) is 3.72. The number of aryl methyl sites for hydroxylation is 1. The minimum Gasteiger partial charge on any atom is -0.345 e. The second-order valence-electron chi connectivity index (χ2n) is 6.28. The Labute approximate surface area is 126 Å². The molecule has 2 aliphatic rings. The van der Waals surface area contributed by atoms with Gasteiger partial charge in [0.1, 0.15) is 0 Å². The summed E-state index contributed by atoms with van der Waals surface area (Å²) in [6.45, 7) is 7.69. The second kappa shape index (κ2) is 6.44. The molecule has 4 heteroatoms. The first-order valence-electron chi connectivity index (χ1n) is 8.23. The molecular formula is C16H27N3S. The van der Waals surface area contributed by atoms with Crippen LogP contribution in [-0.4, -0.2) is 24.1 Å². The molecule has 20 heavy (non-hydrogen) atoms. The highest BCUT2D eigenvalue weighted by Gasteiger charge is 2.37. The van der Waals surface area contributed by atoms with Crippen LogP contribution in [0.25, 0.3) is 0 Å². The molecule has 1 aliphatic heterocycles. The Bertz CT molecular complexity index is 443. The van der Waals surface area contributed by atoms with Gasteiger partial charge in [0, 0.05) is 24.0 Å². The van der Waals surface area contributed by atoms with Crippen molar-refractivity contribution in [1.82, 2.24) is 10.3 Å². The summed E-state index contributed by atoms with van der Waals surface area (Å²) in [6.07, 6.45) is 8.25. The van der Waals surface area contributed by atoms with E-state index in [4.69, 9.17) is 4.98 Å². The molecule has 112 valence electrons. The lowest BCUT2D eigenvalue weighted by molar-refractivity contribution is 0.342. The maximum atomic E-state index is 4.87. The molecule has 2 heterocycles. The predicted molar refractivity (Wildman–Crippen MR) is 86.6 cm³/mol. The first-order chi connectivity index (χ1) is 9.79. The highest BCUT2D eigenvalue weighted by Crippen LogP contribution is 2.40. The molecule has 0 aromatic carbocycles. The number of thiazole rings is 1. The number of fused-ring (bicyclic) bond motifs is 1. The van der Waals surface area contributed by atoms with E-state index in [1.807, 2.05) is 11.3 Å². The van der Waals surface area contributed by atoms with Crippen molar-refractivity contribution < 1.29 is 0 Å². The molecule has 0 amide bonds. The fourth-order valence-corrected chi connectivity index (χ4v) is 4.84. The van der Waals surface area contributed by atoms with Crippen molar-refractivity contribution in [3.05, 3.63) is 10.6 Å². The minimum atomic E-state index is 0.783.